The number of aromatic nitrogens is 1. The lowest BCUT2D eigenvalue weighted by Gasteiger charge is -2.25. The highest BCUT2D eigenvalue weighted by Crippen LogP contribution is 2.35. The number of pyridine rings is 1. The molecule has 3 rings (SSSR count). The Hall–Kier alpha value is -3.29. The van der Waals surface area contributed by atoms with Gasteiger partial charge in [-0.3, -0.25) is 10.7 Å². The zero-order chi connectivity index (χ0) is 20.6. The van der Waals surface area contributed by atoms with Crippen molar-refractivity contribution in [2.45, 2.75) is 6.42 Å². The Morgan fingerprint density at radius 2 is 1.90 bits per heavy atom. The number of carbonyl (C=O) groups is 1. The van der Waals surface area contributed by atoms with Crippen LogP contribution in [0.5, 0.6) is 5.75 Å². The molecule has 8 heteroatoms. The van der Waals surface area contributed by atoms with Crippen molar-refractivity contribution in [1.82, 2.24) is 10.3 Å². The monoisotopic (exact) mass is 412 g/mol. The molecule has 1 heterocycles. The number of para-hydroxylation sites is 2. The minimum absolute atomic E-state index is 0.239. The second-order valence-electron chi connectivity index (χ2n) is 6.10. The molecule has 0 fully saturated rings. The molecule has 0 spiro atoms. The maximum Gasteiger partial charge on any atom is 0.327 e. The molecule has 0 aliphatic rings. The molecule has 0 bridgehead atoms. The average molecular weight is 413 g/mol. The quantitative estimate of drug-likeness (QED) is 0.492. The number of methoxy groups -OCH3 is 1. The molecule has 29 heavy (non-hydrogen) atoms. The summed E-state index contributed by atoms with van der Waals surface area (Å²) in [6, 6.07) is 17.4. The third-order valence-electron chi connectivity index (χ3n) is 4.25. The molecule has 1 aromatic heterocycles. The number of hydrogen-bond acceptors (Lipinski definition) is 5. The molecular weight excluding hydrogens is 392 g/mol. The minimum Gasteiger partial charge on any atom is -0.495 e. The van der Waals surface area contributed by atoms with Crippen LogP contribution in [0.15, 0.2) is 66.9 Å². The van der Waals surface area contributed by atoms with Crippen LogP contribution in [0.3, 0.4) is 0 Å². The van der Waals surface area contributed by atoms with Crippen LogP contribution in [0.2, 0.25) is 5.02 Å². The van der Waals surface area contributed by atoms with Gasteiger partial charge in [-0.1, -0.05) is 35.9 Å². The number of nitrogens with one attached hydrogen (secondary N) is 2. The van der Waals surface area contributed by atoms with Crippen LogP contribution in [-0.2, 0) is 6.42 Å². The van der Waals surface area contributed by atoms with Gasteiger partial charge in [0.25, 0.3) is 0 Å². The maximum atomic E-state index is 13.1. The first kappa shape index (κ1) is 20.4. The molecule has 0 saturated heterocycles. The summed E-state index contributed by atoms with van der Waals surface area (Å²) in [5, 5.41) is 13.0. The van der Waals surface area contributed by atoms with Gasteiger partial charge in [0.15, 0.2) is 5.82 Å². The van der Waals surface area contributed by atoms with Crippen molar-refractivity contribution in [3.05, 3.63) is 77.4 Å². The number of anilines is 3. The predicted octanol–water partition coefficient (Wildman–Crippen LogP) is 4.64. The molecule has 0 aliphatic carbocycles. The third kappa shape index (κ3) is 4.96. The Bertz CT molecular complexity index is 919. The van der Waals surface area contributed by atoms with Gasteiger partial charge in [0.1, 0.15) is 11.4 Å². The van der Waals surface area contributed by atoms with E-state index in [1.165, 1.54) is 12.0 Å². The van der Waals surface area contributed by atoms with E-state index < -0.39 is 6.03 Å². The van der Waals surface area contributed by atoms with Gasteiger partial charge in [-0.2, -0.15) is 0 Å². The number of rotatable bonds is 7. The average Bonchev–Trinajstić information content (AvgIpc) is 2.76. The van der Waals surface area contributed by atoms with Crippen molar-refractivity contribution in [2.24, 2.45) is 0 Å². The highest BCUT2D eigenvalue weighted by molar-refractivity contribution is 6.30. The fourth-order valence-corrected chi connectivity index (χ4v) is 2.97. The van der Waals surface area contributed by atoms with Gasteiger partial charge in [-0.05, 0) is 48.4 Å². The number of nitrogens with zero attached hydrogens (tertiary/aromatic N) is 2. The molecule has 2 amide bonds. The van der Waals surface area contributed by atoms with E-state index in [4.69, 9.17) is 16.3 Å². The van der Waals surface area contributed by atoms with E-state index in [1.807, 2.05) is 30.3 Å². The van der Waals surface area contributed by atoms with E-state index in [2.05, 4.69) is 15.8 Å². The lowest BCUT2D eigenvalue weighted by molar-refractivity contribution is 0.248. The second kappa shape index (κ2) is 9.77. The van der Waals surface area contributed by atoms with E-state index >= 15 is 0 Å². The molecule has 0 aliphatic heterocycles. The molecule has 0 saturated carbocycles. The van der Waals surface area contributed by atoms with Crippen LogP contribution < -0.4 is 20.4 Å². The van der Waals surface area contributed by atoms with E-state index in [-0.39, 0.29) is 11.5 Å². The standard InChI is InChI=1S/C21H21ClN4O3/c1-29-19-7-3-2-6-18(19)26(20-17(25-28)5-4-13-23-20)21(27)24-14-12-15-8-10-16(22)11-9-15/h2-11,13,25,28H,12,14H2,1H3,(H,24,27). The Morgan fingerprint density at radius 1 is 1.14 bits per heavy atom. The van der Waals surface area contributed by atoms with Crippen molar-refractivity contribution in [3.8, 4) is 5.75 Å². The zero-order valence-electron chi connectivity index (χ0n) is 15.8. The van der Waals surface area contributed by atoms with E-state index in [1.54, 1.807) is 36.5 Å². The Morgan fingerprint density at radius 3 is 2.62 bits per heavy atom. The number of hydrogen-bond donors (Lipinski definition) is 3. The summed E-state index contributed by atoms with van der Waals surface area (Å²) in [5.41, 5.74) is 3.92. The first-order chi connectivity index (χ1) is 14.1. The van der Waals surface area contributed by atoms with Gasteiger partial charge in [-0.15, -0.1) is 0 Å². The molecule has 0 radical (unpaired) electrons. The summed E-state index contributed by atoms with van der Waals surface area (Å²) in [6.45, 7) is 0.404. The molecule has 7 nitrogen and oxygen atoms in total. The molecule has 150 valence electrons. The molecule has 2 aromatic carbocycles. The second-order valence-corrected chi connectivity index (χ2v) is 6.54. The Balaban J connectivity index is 1.86. The van der Waals surface area contributed by atoms with Crippen molar-refractivity contribution in [3.63, 3.8) is 0 Å². The van der Waals surface area contributed by atoms with Crippen molar-refractivity contribution in [2.75, 3.05) is 24.0 Å². The minimum atomic E-state index is -0.404. The Labute approximate surface area is 173 Å². The third-order valence-corrected chi connectivity index (χ3v) is 4.50. The molecular formula is C21H21ClN4O3. The van der Waals surface area contributed by atoms with Crippen LogP contribution in [-0.4, -0.2) is 29.9 Å². The van der Waals surface area contributed by atoms with Crippen molar-refractivity contribution in [1.29, 1.82) is 0 Å². The molecule has 0 atom stereocenters. The van der Waals surface area contributed by atoms with Gasteiger partial charge in [0.05, 0.1) is 12.8 Å². The maximum absolute atomic E-state index is 13.1. The summed E-state index contributed by atoms with van der Waals surface area (Å²) in [4.78, 5) is 18.7. The van der Waals surface area contributed by atoms with E-state index in [9.17, 15) is 10.0 Å². The number of ether oxygens (including phenoxy) is 1. The molecule has 3 N–H and O–H groups in total. The van der Waals surface area contributed by atoms with Crippen LogP contribution in [0.25, 0.3) is 0 Å². The van der Waals surface area contributed by atoms with Crippen LogP contribution in [0.1, 0.15) is 5.56 Å². The number of carbonyl (C=O) groups excluding carboxylic acids is 1. The number of benzene rings is 2. The van der Waals surface area contributed by atoms with Crippen molar-refractivity contribution < 1.29 is 14.7 Å². The van der Waals surface area contributed by atoms with E-state index in [0.29, 0.717) is 29.4 Å². The van der Waals surface area contributed by atoms with Gasteiger partial charge >= 0.3 is 6.03 Å². The van der Waals surface area contributed by atoms with Crippen LogP contribution >= 0.6 is 11.6 Å². The van der Waals surface area contributed by atoms with Crippen LogP contribution in [0, 0.1) is 0 Å². The zero-order valence-corrected chi connectivity index (χ0v) is 16.6. The van der Waals surface area contributed by atoms with Gasteiger partial charge in [0, 0.05) is 17.8 Å². The fraction of sp³-hybridized carbons (Fsp3) is 0.143. The Kier molecular flexibility index (Phi) is 6.89. The summed E-state index contributed by atoms with van der Waals surface area (Å²) < 4.78 is 5.41. The summed E-state index contributed by atoms with van der Waals surface area (Å²) in [7, 11) is 1.53. The summed E-state index contributed by atoms with van der Waals surface area (Å²) >= 11 is 5.91. The summed E-state index contributed by atoms with van der Waals surface area (Å²) in [6.07, 6.45) is 2.18. The van der Waals surface area contributed by atoms with Crippen LogP contribution in [0.4, 0.5) is 22.0 Å². The first-order valence-electron chi connectivity index (χ1n) is 8.94. The van der Waals surface area contributed by atoms with Gasteiger partial charge < -0.3 is 10.1 Å². The number of urea groups is 1. The fourth-order valence-electron chi connectivity index (χ4n) is 2.84. The largest absolute Gasteiger partial charge is 0.495 e. The molecule has 3 aromatic rings. The lowest BCUT2D eigenvalue weighted by Crippen LogP contribution is -2.38. The molecule has 0 unspecified atom stereocenters. The highest BCUT2D eigenvalue weighted by Gasteiger charge is 2.24. The van der Waals surface area contributed by atoms with Gasteiger partial charge in [0.2, 0.25) is 0 Å². The van der Waals surface area contributed by atoms with E-state index in [0.717, 1.165) is 5.56 Å². The predicted molar refractivity (Wildman–Crippen MR) is 113 cm³/mol. The lowest BCUT2D eigenvalue weighted by atomic mass is 10.1. The topological polar surface area (TPSA) is 86.7 Å². The number of halogens is 1. The number of amides is 2. The first-order valence-corrected chi connectivity index (χ1v) is 9.32. The van der Waals surface area contributed by atoms with Gasteiger partial charge in [-0.25, -0.2) is 14.7 Å². The van der Waals surface area contributed by atoms with Crippen molar-refractivity contribution >= 4 is 34.8 Å². The normalized spacial score (nSPS) is 10.3. The smallest absolute Gasteiger partial charge is 0.327 e. The SMILES string of the molecule is COc1ccccc1N(C(=O)NCCc1ccc(Cl)cc1)c1ncccc1NO. The summed E-state index contributed by atoms with van der Waals surface area (Å²) in [5.74, 6) is 0.735. The highest BCUT2D eigenvalue weighted by atomic mass is 35.5.